The van der Waals surface area contributed by atoms with Gasteiger partial charge in [-0.05, 0) is 53.5 Å². The quantitative estimate of drug-likeness (QED) is 0.305. The van der Waals surface area contributed by atoms with E-state index in [4.69, 9.17) is 9.57 Å². The van der Waals surface area contributed by atoms with Gasteiger partial charge in [-0.2, -0.15) is 12.6 Å². The highest BCUT2D eigenvalue weighted by Gasteiger charge is 2.36. The standard InChI is InChI=1S/C16H27NO2S/c1-7-8-9-14(12(2)18-13-10-11-13)17-19-15(3,4)16(5,6)20/h7-9,13,17,20H,2,10-11H2,1,3-6H3/b8-7-,14-9+. The molecule has 1 fully saturated rings. The maximum absolute atomic E-state index is 5.81. The zero-order valence-electron chi connectivity index (χ0n) is 13.2. The van der Waals surface area contributed by atoms with Crippen LogP contribution in [-0.4, -0.2) is 16.5 Å². The summed E-state index contributed by atoms with van der Waals surface area (Å²) in [7, 11) is 0. The molecule has 1 N–H and O–H groups in total. The molecule has 0 unspecified atom stereocenters. The molecule has 0 aliphatic heterocycles. The summed E-state index contributed by atoms with van der Waals surface area (Å²) in [6.07, 6.45) is 8.28. The van der Waals surface area contributed by atoms with Gasteiger partial charge in [-0.15, -0.1) is 0 Å². The van der Waals surface area contributed by atoms with Crippen LogP contribution in [0.2, 0.25) is 0 Å². The molecule has 20 heavy (non-hydrogen) atoms. The highest BCUT2D eigenvalue weighted by molar-refractivity contribution is 7.81. The van der Waals surface area contributed by atoms with Gasteiger partial charge in [-0.1, -0.05) is 18.7 Å². The molecule has 0 radical (unpaired) electrons. The molecule has 0 saturated heterocycles. The Kier molecular flexibility index (Phi) is 5.78. The fourth-order valence-electron chi connectivity index (χ4n) is 1.13. The highest BCUT2D eigenvalue weighted by Crippen LogP contribution is 2.31. The molecule has 1 rings (SSSR count). The Morgan fingerprint density at radius 3 is 2.35 bits per heavy atom. The number of allylic oxidation sites excluding steroid dienone is 3. The predicted octanol–water partition coefficient (Wildman–Crippen LogP) is 4.15. The Bertz CT molecular complexity index is 401. The van der Waals surface area contributed by atoms with Crippen LogP contribution >= 0.6 is 12.6 Å². The van der Waals surface area contributed by atoms with Gasteiger partial charge >= 0.3 is 0 Å². The van der Waals surface area contributed by atoms with Gasteiger partial charge in [0.1, 0.15) is 17.1 Å². The first kappa shape index (κ1) is 17.2. The van der Waals surface area contributed by atoms with Gasteiger partial charge < -0.3 is 4.74 Å². The highest BCUT2D eigenvalue weighted by atomic mass is 32.1. The summed E-state index contributed by atoms with van der Waals surface area (Å²) in [5.74, 6) is 0.610. The molecule has 1 saturated carbocycles. The van der Waals surface area contributed by atoms with Crippen LogP contribution in [0.5, 0.6) is 0 Å². The molecular weight excluding hydrogens is 270 g/mol. The average molecular weight is 297 g/mol. The molecule has 0 aromatic carbocycles. The van der Waals surface area contributed by atoms with Crippen LogP contribution in [0.3, 0.4) is 0 Å². The van der Waals surface area contributed by atoms with Crippen molar-refractivity contribution in [3.05, 3.63) is 36.3 Å². The van der Waals surface area contributed by atoms with Crippen LogP contribution < -0.4 is 5.48 Å². The smallest absolute Gasteiger partial charge is 0.137 e. The SMILES string of the molecule is C=C(OC1CC1)/C(=C\C=C/C)NOC(C)(C)C(C)(C)S. The van der Waals surface area contributed by atoms with E-state index in [-0.39, 0.29) is 4.75 Å². The lowest BCUT2D eigenvalue weighted by atomic mass is 9.94. The third-order valence-corrected chi connectivity index (χ3v) is 4.02. The van der Waals surface area contributed by atoms with Crippen molar-refractivity contribution in [2.45, 2.75) is 63.9 Å². The van der Waals surface area contributed by atoms with E-state index in [1.807, 2.05) is 52.8 Å². The number of rotatable bonds is 8. The van der Waals surface area contributed by atoms with Crippen molar-refractivity contribution >= 4 is 12.6 Å². The molecule has 3 nitrogen and oxygen atoms in total. The van der Waals surface area contributed by atoms with E-state index in [0.29, 0.717) is 11.9 Å². The third kappa shape index (κ3) is 5.25. The van der Waals surface area contributed by atoms with Crippen molar-refractivity contribution in [2.75, 3.05) is 0 Å². The van der Waals surface area contributed by atoms with Crippen molar-refractivity contribution in [1.29, 1.82) is 0 Å². The first-order chi connectivity index (χ1) is 9.17. The molecule has 0 amide bonds. The molecular formula is C16H27NO2S. The molecule has 4 heteroatoms. The first-order valence-electron chi connectivity index (χ1n) is 7.02. The van der Waals surface area contributed by atoms with Gasteiger partial charge in [0.05, 0.1) is 6.10 Å². The van der Waals surface area contributed by atoms with E-state index in [2.05, 4.69) is 24.7 Å². The summed E-state index contributed by atoms with van der Waals surface area (Å²) in [5.41, 5.74) is 3.25. The Hall–Kier alpha value is -0.870. The lowest BCUT2D eigenvalue weighted by molar-refractivity contribution is -0.0880. The summed E-state index contributed by atoms with van der Waals surface area (Å²) in [4.78, 5) is 5.81. The van der Waals surface area contributed by atoms with Crippen LogP contribution in [-0.2, 0) is 9.57 Å². The second-order valence-electron chi connectivity index (χ2n) is 6.12. The van der Waals surface area contributed by atoms with Gasteiger partial charge in [-0.25, -0.2) is 0 Å². The second kappa shape index (κ2) is 6.72. The molecule has 0 aromatic rings. The summed E-state index contributed by atoms with van der Waals surface area (Å²) < 4.78 is 5.43. The zero-order chi connectivity index (χ0) is 15.4. The number of nitrogens with one attached hydrogen (secondary N) is 1. The molecule has 0 bridgehead atoms. The topological polar surface area (TPSA) is 30.5 Å². The number of hydrogen-bond acceptors (Lipinski definition) is 4. The maximum atomic E-state index is 5.81. The molecule has 0 spiro atoms. The van der Waals surface area contributed by atoms with Crippen molar-refractivity contribution < 1.29 is 9.57 Å². The molecule has 0 atom stereocenters. The van der Waals surface area contributed by atoms with Crippen molar-refractivity contribution in [2.24, 2.45) is 0 Å². The van der Waals surface area contributed by atoms with Crippen LogP contribution in [0.25, 0.3) is 0 Å². The number of ether oxygens (including phenoxy) is 1. The van der Waals surface area contributed by atoms with Crippen molar-refractivity contribution in [3.8, 4) is 0 Å². The zero-order valence-corrected chi connectivity index (χ0v) is 14.1. The summed E-state index contributed by atoms with van der Waals surface area (Å²) >= 11 is 4.57. The monoisotopic (exact) mass is 297 g/mol. The molecule has 0 aromatic heterocycles. The van der Waals surface area contributed by atoms with E-state index >= 15 is 0 Å². The molecule has 114 valence electrons. The minimum Gasteiger partial charge on any atom is -0.489 e. The van der Waals surface area contributed by atoms with E-state index in [1.54, 1.807) is 0 Å². The summed E-state index contributed by atoms with van der Waals surface area (Å²) in [5, 5.41) is 0. The molecule has 1 aliphatic carbocycles. The van der Waals surface area contributed by atoms with Crippen molar-refractivity contribution in [1.82, 2.24) is 5.48 Å². The Labute approximate surface area is 128 Å². The summed E-state index contributed by atoms with van der Waals surface area (Å²) in [6.45, 7) is 13.9. The minimum atomic E-state index is -0.453. The van der Waals surface area contributed by atoms with Gasteiger partial charge in [0, 0.05) is 4.75 Å². The number of hydrogen-bond donors (Lipinski definition) is 2. The predicted molar refractivity (Wildman–Crippen MR) is 87.5 cm³/mol. The van der Waals surface area contributed by atoms with Crippen LogP contribution in [0.1, 0.15) is 47.5 Å². The molecule has 0 heterocycles. The van der Waals surface area contributed by atoms with E-state index in [1.165, 1.54) is 0 Å². The third-order valence-electron chi connectivity index (χ3n) is 3.48. The number of thiol groups is 1. The fourth-order valence-corrected chi connectivity index (χ4v) is 1.18. The van der Waals surface area contributed by atoms with E-state index in [0.717, 1.165) is 18.5 Å². The van der Waals surface area contributed by atoms with E-state index < -0.39 is 5.60 Å². The largest absolute Gasteiger partial charge is 0.489 e. The van der Waals surface area contributed by atoms with Crippen LogP contribution in [0, 0.1) is 0 Å². The van der Waals surface area contributed by atoms with Crippen molar-refractivity contribution in [3.63, 3.8) is 0 Å². The maximum Gasteiger partial charge on any atom is 0.137 e. The lowest BCUT2D eigenvalue weighted by Crippen LogP contribution is -2.46. The van der Waals surface area contributed by atoms with Gasteiger partial charge in [0.15, 0.2) is 0 Å². The van der Waals surface area contributed by atoms with Gasteiger partial charge in [0.2, 0.25) is 0 Å². The lowest BCUT2D eigenvalue weighted by Gasteiger charge is -2.37. The Balaban J connectivity index is 2.67. The Morgan fingerprint density at radius 1 is 1.30 bits per heavy atom. The average Bonchev–Trinajstić information content (AvgIpc) is 3.11. The summed E-state index contributed by atoms with van der Waals surface area (Å²) in [6, 6.07) is 0. The van der Waals surface area contributed by atoms with Crippen LogP contribution in [0.4, 0.5) is 0 Å². The fraction of sp³-hybridized carbons (Fsp3) is 0.625. The first-order valence-corrected chi connectivity index (χ1v) is 7.47. The van der Waals surface area contributed by atoms with E-state index in [9.17, 15) is 0 Å². The Morgan fingerprint density at radius 2 is 1.90 bits per heavy atom. The molecule has 1 aliphatic rings. The van der Waals surface area contributed by atoms with Gasteiger partial charge in [0.25, 0.3) is 0 Å². The number of hydroxylamine groups is 1. The minimum absolute atomic E-state index is 0.287. The van der Waals surface area contributed by atoms with Gasteiger partial charge in [-0.3, -0.25) is 10.3 Å². The normalized spacial score (nSPS) is 17.4. The van der Waals surface area contributed by atoms with Crippen LogP contribution in [0.15, 0.2) is 36.3 Å². The second-order valence-corrected chi connectivity index (χ2v) is 7.24.